The Morgan fingerprint density at radius 3 is 2.32 bits per heavy atom. The van der Waals surface area contributed by atoms with Crippen LogP contribution in [0.4, 0.5) is 0 Å². The van der Waals surface area contributed by atoms with E-state index >= 15 is 0 Å². The van der Waals surface area contributed by atoms with Crippen LogP contribution < -0.4 is 5.32 Å². The van der Waals surface area contributed by atoms with Gasteiger partial charge in [-0.2, -0.15) is 0 Å². The van der Waals surface area contributed by atoms with E-state index < -0.39 is 0 Å². The van der Waals surface area contributed by atoms with E-state index in [1.165, 1.54) is 83.6 Å². The van der Waals surface area contributed by atoms with E-state index in [-0.39, 0.29) is 0 Å². The van der Waals surface area contributed by atoms with Crippen LogP contribution in [-0.2, 0) is 4.74 Å². The lowest BCUT2D eigenvalue weighted by molar-refractivity contribution is 0.0934. The van der Waals surface area contributed by atoms with Gasteiger partial charge in [0, 0.05) is 19.8 Å². The van der Waals surface area contributed by atoms with Crippen molar-refractivity contribution in [1.82, 2.24) is 5.32 Å². The van der Waals surface area contributed by atoms with Crippen LogP contribution in [0.3, 0.4) is 0 Å². The fraction of sp³-hybridized carbons (Fsp3) is 1.00. The van der Waals surface area contributed by atoms with Crippen molar-refractivity contribution in [2.45, 2.75) is 83.1 Å². The fourth-order valence-corrected chi connectivity index (χ4v) is 4.09. The SMILES string of the molecule is COCCC1(CCNC2CCCCC2)CCCCC1. The second-order valence-electron chi connectivity index (χ2n) is 6.84. The van der Waals surface area contributed by atoms with Gasteiger partial charge in [0.1, 0.15) is 0 Å². The molecule has 0 aromatic carbocycles. The molecule has 2 rings (SSSR count). The number of nitrogens with one attached hydrogen (secondary N) is 1. The highest BCUT2D eigenvalue weighted by atomic mass is 16.5. The van der Waals surface area contributed by atoms with E-state index in [9.17, 15) is 0 Å². The van der Waals surface area contributed by atoms with E-state index in [1.54, 1.807) is 0 Å². The molecule has 1 N–H and O–H groups in total. The minimum atomic E-state index is 0.593. The zero-order valence-corrected chi connectivity index (χ0v) is 12.9. The van der Waals surface area contributed by atoms with Gasteiger partial charge in [-0.15, -0.1) is 0 Å². The molecule has 2 aliphatic rings. The second kappa shape index (κ2) is 8.26. The average molecular weight is 267 g/mol. The van der Waals surface area contributed by atoms with Crippen molar-refractivity contribution >= 4 is 0 Å². The monoisotopic (exact) mass is 267 g/mol. The first-order chi connectivity index (χ1) is 9.35. The summed E-state index contributed by atoms with van der Waals surface area (Å²) in [7, 11) is 1.84. The smallest absolute Gasteiger partial charge is 0.0467 e. The number of rotatable bonds is 7. The van der Waals surface area contributed by atoms with Crippen LogP contribution in [0.25, 0.3) is 0 Å². The second-order valence-corrected chi connectivity index (χ2v) is 6.84. The minimum Gasteiger partial charge on any atom is -0.385 e. The first kappa shape index (κ1) is 15.3. The zero-order valence-electron chi connectivity index (χ0n) is 12.9. The molecule has 0 unspecified atom stereocenters. The third-order valence-corrected chi connectivity index (χ3v) is 5.44. The summed E-state index contributed by atoms with van der Waals surface area (Å²) in [6.07, 6.45) is 17.0. The molecule has 0 heterocycles. The molecule has 2 fully saturated rings. The van der Waals surface area contributed by atoms with Gasteiger partial charge in [-0.05, 0) is 50.5 Å². The molecule has 0 spiro atoms. The van der Waals surface area contributed by atoms with Crippen LogP contribution in [0, 0.1) is 5.41 Å². The van der Waals surface area contributed by atoms with E-state index in [2.05, 4.69) is 5.32 Å². The van der Waals surface area contributed by atoms with Crippen molar-refractivity contribution in [3.05, 3.63) is 0 Å². The number of ether oxygens (including phenoxy) is 1. The predicted octanol–water partition coefficient (Wildman–Crippen LogP) is 4.29. The van der Waals surface area contributed by atoms with Gasteiger partial charge >= 0.3 is 0 Å². The van der Waals surface area contributed by atoms with Crippen LogP contribution in [0.2, 0.25) is 0 Å². The molecule has 0 amide bonds. The van der Waals surface area contributed by atoms with Gasteiger partial charge < -0.3 is 10.1 Å². The minimum absolute atomic E-state index is 0.593. The highest BCUT2D eigenvalue weighted by Gasteiger charge is 2.31. The normalized spacial score (nSPS) is 24.5. The van der Waals surface area contributed by atoms with Gasteiger partial charge in [0.05, 0.1) is 0 Å². The molecule has 2 heteroatoms. The summed E-state index contributed by atoms with van der Waals surface area (Å²) in [5.74, 6) is 0. The molecule has 19 heavy (non-hydrogen) atoms. The molecule has 0 atom stereocenters. The lowest BCUT2D eigenvalue weighted by atomic mass is 9.70. The molecular weight excluding hydrogens is 234 g/mol. The summed E-state index contributed by atoms with van der Waals surface area (Å²) in [6.45, 7) is 2.18. The van der Waals surface area contributed by atoms with Crippen LogP contribution in [0.5, 0.6) is 0 Å². The summed E-state index contributed by atoms with van der Waals surface area (Å²) in [4.78, 5) is 0. The van der Waals surface area contributed by atoms with Gasteiger partial charge in [-0.3, -0.25) is 0 Å². The van der Waals surface area contributed by atoms with Crippen LogP contribution in [-0.4, -0.2) is 26.3 Å². The maximum absolute atomic E-state index is 5.35. The fourth-order valence-electron chi connectivity index (χ4n) is 4.09. The highest BCUT2D eigenvalue weighted by molar-refractivity contribution is 4.84. The first-order valence-electron chi connectivity index (χ1n) is 8.57. The Kier molecular flexibility index (Phi) is 6.66. The summed E-state index contributed by atoms with van der Waals surface area (Å²) in [5.41, 5.74) is 0.593. The Labute approximate surface area is 119 Å². The molecule has 2 saturated carbocycles. The van der Waals surface area contributed by atoms with Crippen LogP contribution >= 0.6 is 0 Å². The van der Waals surface area contributed by atoms with Crippen molar-refractivity contribution in [3.8, 4) is 0 Å². The maximum atomic E-state index is 5.35. The molecule has 112 valence electrons. The summed E-state index contributed by atoms with van der Waals surface area (Å²) in [6, 6.07) is 0.816. The summed E-state index contributed by atoms with van der Waals surface area (Å²) in [5, 5.41) is 3.83. The van der Waals surface area contributed by atoms with Crippen molar-refractivity contribution in [2.24, 2.45) is 5.41 Å². The third kappa shape index (κ3) is 5.07. The molecule has 2 aliphatic carbocycles. The average Bonchev–Trinajstić information content (AvgIpc) is 2.47. The molecule has 2 nitrogen and oxygen atoms in total. The Balaban J connectivity index is 1.72. The van der Waals surface area contributed by atoms with Crippen molar-refractivity contribution in [1.29, 1.82) is 0 Å². The van der Waals surface area contributed by atoms with E-state index in [4.69, 9.17) is 4.74 Å². The van der Waals surface area contributed by atoms with Crippen molar-refractivity contribution in [3.63, 3.8) is 0 Å². The van der Waals surface area contributed by atoms with Crippen LogP contribution in [0.1, 0.15) is 77.0 Å². The lowest BCUT2D eigenvalue weighted by Gasteiger charge is -2.38. The zero-order chi connectivity index (χ0) is 13.4. The van der Waals surface area contributed by atoms with Gasteiger partial charge in [0.2, 0.25) is 0 Å². The highest BCUT2D eigenvalue weighted by Crippen LogP contribution is 2.42. The lowest BCUT2D eigenvalue weighted by Crippen LogP contribution is -2.36. The molecule has 0 aromatic rings. The Morgan fingerprint density at radius 2 is 1.63 bits per heavy atom. The summed E-state index contributed by atoms with van der Waals surface area (Å²) < 4.78 is 5.35. The molecular formula is C17H33NO. The van der Waals surface area contributed by atoms with E-state index in [0.717, 1.165) is 12.6 Å². The number of hydrogen-bond acceptors (Lipinski definition) is 2. The quantitative estimate of drug-likeness (QED) is 0.743. The maximum Gasteiger partial charge on any atom is 0.0467 e. The number of hydrogen-bond donors (Lipinski definition) is 1. The van der Waals surface area contributed by atoms with E-state index in [0.29, 0.717) is 5.41 Å². The van der Waals surface area contributed by atoms with Gasteiger partial charge in [-0.1, -0.05) is 38.5 Å². The Morgan fingerprint density at radius 1 is 0.947 bits per heavy atom. The summed E-state index contributed by atoms with van der Waals surface area (Å²) >= 11 is 0. The molecule has 0 aliphatic heterocycles. The standard InChI is InChI=1S/C17H33NO/c1-19-15-13-17(10-6-3-7-11-17)12-14-18-16-8-4-2-5-9-16/h16,18H,2-15H2,1H3. The van der Waals surface area contributed by atoms with Gasteiger partial charge in [0.15, 0.2) is 0 Å². The van der Waals surface area contributed by atoms with Gasteiger partial charge in [0.25, 0.3) is 0 Å². The van der Waals surface area contributed by atoms with E-state index in [1.807, 2.05) is 7.11 Å². The van der Waals surface area contributed by atoms with Crippen molar-refractivity contribution < 1.29 is 4.74 Å². The molecule has 0 aromatic heterocycles. The first-order valence-corrected chi connectivity index (χ1v) is 8.57. The Hall–Kier alpha value is -0.0800. The molecule has 0 saturated heterocycles. The van der Waals surface area contributed by atoms with Crippen molar-refractivity contribution in [2.75, 3.05) is 20.3 Å². The van der Waals surface area contributed by atoms with Gasteiger partial charge in [-0.25, -0.2) is 0 Å². The largest absolute Gasteiger partial charge is 0.385 e. The topological polar surface area (TPSA) is 21.3 Å². The third-order valence-electron chi connectivity index (χ3n) is 5.44. The van der Waals surface area contributed by atoms with Crippen LogP contribution in [0.15, 0.2) is 0 Å². The molecule has 0 radical (unpaired) electrons. The predicted molar refractivity (Wildman–Crippen MR) is 81.5 cm³/mol. The molecule has 0 bridgehead atoms. The Bertz CT molecular complexity index is 229. The number of methoxy groups -OCH3 is 1.